The second-order valence-corrected chi connectivity index (χ2v) is 9.65. The number of nitrogens with zero attached hydrogens (tertiary/aromatic N) is 5. The Morgan fingerprint density at radius 3 is 2.74 bits per heavy atom. The summed E-state index contributed by atoms with van der Waals surface area (Å²) in [5, 5.41) is 2.91. The van der Waals surface area contributed by atoms with Crippen LogP contribution in [-0.2, 0) is 17.5 Å². The van der Waals surface area contributed by atoms with E-state index in [0.29, 0.717) is 29.8 Å². The second-order valence-electron chi connectivity index (χ2n) is 8.80. The molecule has 3 aromatic rings. The van der Waals surface area contributed by atoms with Gasteiger partial charge in [0.1, 0.15) is 17.4 Å². The van der Waals surface area contributed by atoms with Gasteiger partial charge in [0, 0.05) is 34.9 Å². The van der Waals surface area contributed by atoms with Crippen LogP contribution in [0.5, 0.6) is 0 Å². The van der Waals surface area contributed by atoms with Crippen LogP contribution in [0.25, 0.3) is 11.2 Å². The number of nitrogens with two attached hydrogens (primary N) is 2. The zero-order chi connectivity index (χ0) is 24.3. The highest BCUT2D eigenvalue weighted by Gasteiger charge is 2.44. The summed E-state index contributed by atoms with van der Waals surface area (Å²) in [5.74, 6) is -0.122. The third-order valence-corrected chi connectivity index (χ3v) is 6.95. The van der Waals surface area contributed by atoms with Crippen molar-refractivity contribution in [1.82, 2.24) is 24.8 Å². The van der Waals surface area contributed by atoms with Gasteiger partial charge in [-0.25, -0.2) is 15.0 Å². The lowest BCUT2D eigenvalue weighted by atomic mass is 9.99. The van der Waals surface area contributed by atoms with Gasteiger partial charge in [0.2, 0.25) is 5.91 Å². The van der Waals surface area contributed by atoms with Gasteiger partial charge in [0.25, 0.3) is 0 Å². The van der Waals surface area contributed by atoms with E-state index in [2.05, 4.69) is 36.2 Å². The van der Waals surface area contributed by atoms with E-state index in [1.807, 2.05) is 0 Å². The summed E-state index contributed by atoms with van der Waals surface area (Å²) >= 11 is 3.07. The minimum atomic E-state index is -4.63. The van der Waals surface area contributed by atoms with Crippen molar-refractivity contribution in [3.05, 3.63) is 40.4 Å². The molecular formula is C21H22BrF3N8O. The number of aromatic nitrogens is 4. The first-order valence-electron chi connectivity index (χ1n) is 10.7. The molecule has 3 heterocycles. The van der Waals surface area contributed by atoms with Gasteiger partial charge in [0.15, 0.2) is 11.5 Å². The number of amides is 1. The van der Waals surface area contributed by atoms with Gasteiger partial charge in [-0.05, 0) is 31.4 Å². The molecule has 1 unspecified atom stereocenters. The summed E-state index contributed by atoms with van der Waals surface area (Å²) in [6.45, 7) is 0.288. The van der Waals surface area contributed by atoms with Crippen molar-refractivity contribution in [3.63, 3.8) is 0 Å². The van der Waals surface area contributed by atoms with Crippen LogP contribution in [0.2, 0.25) is 0 Å². The second kappa shape index (κ2) is 8.08. The lowest BCUT2D eigenvalue weighted by Crippen LogP contribution is -2.56. The molecule has 1 aliphatic heterocycles. The Kier molecular flexibility index (Phi) is 5.43. The highest BCUT2D eigenvalue weighted by atomic mass is 79.9. The molecule has 2 aliphatic rings. The van der Waals surface area contributed by atoms with Crippen molar-refractivity contribution in [1.29, 1.82) is 0 Å². The van der Waals surface area contributed by atoms with Gasteiger partial charge in [-0.1, -0.05) is 15.9 Å². The lowest BCUT2D eigenvalue weighted by molar-refractivity contribution is -0.138. The van der Waals surface area contributed by atoms with Crippen molar-refractivity contribution >= 4 is 44.5 Å². The van der Waals surface area contributed by atoms with Crippen LogP contribution in [0, 0.1) is 0 Å². The molecule has 0 spiro atoms. The maximum Gasteiger partial charge on any atom is 0.417 e. The molecule has 180 valence electrons. The molecule has 0 radical (unpaired) electrons. The van der Waals surface area contributed by atoms with E-state index < -0.39 is 17.3 Å². The monoisotopic (exact) mass is 538 g/mol. The molecule has 5 rings (SSSR count). The Morgan fingerprint density at radius 1 is 1.26 bits per heavy atom. The molecule has 9 nitrogen and oxygen atoms in total. The fourth-order valence-corrected chi connectivity index (χ4v) is 4.93. The lowest BCUT2D eigenvalue weighted by Gasteiger charge is -2.28. The van der Waals surface area contributed by atoms with Gasteiger partial charge in [0.05, 0.1) is 18.4 Å². The third-order valence-electron chi connectivity index (χ3n) is 6.29. The fourth-order valence-electron chi connectivity index (χ4n) is 4.34. The SMILES string of the molecule is Nc1ncnc2c1ncn2Cc1c(N2CCC(N)(C(=O)NC3CC3)C2)ccc(Br)c1C(F)(F)F. The van der Waals surface area contributed by atoms with Gasteiger partial charge in [-0.2, -0.15) is 13.2 Å². The third kappa shape index (κ3) is 4.06. The molecule has 1 amide bonds. The molecule has 1 aliphatic carbocycles. The number of alkyl halides is 3. The smallest absolute Gasteiger partial charge is 0.382 e. The molecular weight excluding hydrogens is 517 g/mol. The maximum absolute atomic E-state index is 14.2. The predicted octanol–water partition coefficient (Wildman–Crippen LogP) is 2.42. The van der Waals surface area contributed by atoms with E-state index in [9.17, 15) is 18.0 Å². The minimum Gasteiger partial charge on any atom is -0.382 e. The predicted molar refractivity (Wildman–Crippen MR) is 123 cm³/mol. The Labute approximate surface area is 200 Å². The number of rotatable bonds is 5. The largest absolute Gasteiger partial charge is 0.417 e. The number of hydrogen-bond acceptors (Lipinski definition) is 7. The van der Waals surface area contributed by atoms with Crippen LogP contribution in [0.4, 0.5) is 24.7 Å². The number of anilines is 2. The number of nitrogen functional groups attached to an aromatic ring is 1. The first kappa shape index (κ1) is 22.8. The van der Waals surface area contributed by atoms with E-state index in [0.717, 1.165) is 12.8 Å². The number of fused-ring (bicyclic) bond motifs is 1. The molecule has 1 saturated carbocycles. The number of hydrogen-bond donors (Lipinski definition) is 3. The van der Waals surface area contributed by atoms with Gasteiger partial charge >= 0.3 is 6.18 Å². The van der Waals surface area contributed by atoms with E-state index in [1.54, 1.807) is 11.0 Å². The first-order chi connectivity index (χ1) is 16.1. The molecule has 2 aromatic heterocycles. The normalized spacial score (nSPS) is 20.8. The number of benzene rings is 1. The molecule has 1 atom stereocenters. The van der Waals surface area contributed by atoms with E-state index in [4.69, 9.17) is 11.5 Å². The standard InChI is InChI=1S/C21H22BrF3N8O/c22-13-3-4-14(32-6-5-20(27,8-32)19(34)31-11-1-2-11)12(15(13)21(23,24)25)7-33-10-30-16-17(26)28-9-29-18(16)33/h3-4,9-11H,1-2,5-8,27H2,(H,31,34)(H2,26,28,29). The Morgan fingerprint density at radius 2 is 2.03 bits per heavy atom. The molecule has 13 heteroatoms. The van der Waals surface area contributed by atoms with Crippen LogP contribution >= 0.6 is 15.9 Å². The van der Waals surface area contributed by atoms with Crippen molar-refractivity contribution in [2.24, 2.45) is 5.73 Å². The number of nitrogens with one attached hydrogen (secondary N) is 1. The van der Waals surface area contributed by atoms with Crippen molar-refractivity contribution in [3.8, 4) is 0 Å². The zero-order valence-electron chi connectivity index (χ0n) is 17.9. The van der Waals surface area contributed by atoms with E-state index >= 15 is 0 Å². The summed E-state index contributed by atoms with van der Waals surface area (Å²) in [5.41, 5.74) is 11.3. The van der Waals surface area contributed by atoms with Crippen LogP contribution in [0.15, 0.2) is 29.3 Å². The minimum absolute atomic E-state index is 0.0187. The number of carbonyl (C=O) groups is 1. The van der Waals surface area contributed by atoms with Gasteiger partial charge in [-0.3, -0.25) is 4.79 Å². The first-order valence-corrected chi connectivity index (χ1v) is 11.5. The summed E-state index contributed by atoms with van der Waals surface area (Å²) in [6, 6.07) is 3.13. The molecule has 1 saturated heterocycles. The summed E-state index contributed by atoms with van der Waals surface area (Å²) in [4.78, 5) is 26.6. The van der Waals surface area contributed by atoms with Crippen molar-refractivity contribution < 1.29 is 18.0 Å². The Bertz CT molecular complexity index is 1270. The molecule has 1 aromatic carbocycles. The van der Waals surface area contributed by atoms with Crippen LogP contribution < -0.4 is 21.7 Å². The average molecular weight is 539 g/mol. The maximum atomic E-state index is 14.2. The van der Waals surface area contributed by atoms with Crippen LogP contribution in [0.1, 0.15) is 30.4 Å². The molecule has 5 N–H and O–H groups in total. The molecule has 34 heavy (non-hydrogen) atoms. The van der Waals surface area contributed by atoms with Crippen molar-refractivity contribution in [2.45, 2.75) is 43.6 Å². The average Bonchev–Trinajstić information content (AvgIpc) is 3.34. The zero-order valence-corrected chi connectivity index (χ0v) is 19.5. The quantitative estimate of drug-likeness (QED) is 0.455. The van der Waals surface area contributed by atoms with Crippen LogP contribution in [0.3, 0.4) is 0 Å². The summed E-state index contributed by atoms with van der Waals surface area (Å²) < 4.78 is 44.0. The number of halogens is 4. The summed E-state index contributed by atoms with van der Waals surface area (Å²) in [7, 11) is 0. The Hall–Kier alpha value is -2.93. The van der Waals surface area contributed by atoms with Gasteiger partial charge in [-0.15, -0.1) is 0 Å². The highest BCUT2D eigenvalue weighted by molar-refractivity contribution is 9.10. The topological polar surface area (TPSA) is 128 Å². The highest BCUT2D eigenvalue weighted by Crippen LogP contribution is 2.43. The number of imidazole rings is 1. The van der Waals surface area contributed by atoms with E-state index in [-0.39, 0.29) is 40.9 Å². The molecule has 0 bridgehead atoms. The summed E-state index contributed by atoms with van der Waals surface area (Å²) in [6.07, 6.45) is 0.178. The van der Waals surface area contributed by atoms with Crippen molar-refractivity contribution in [2.75, 3.05) is 23.7 Å². The van der Waals surface area contributed by atoms with Gasteiger partial charge < -0.3 is 26.3 Å². The fraction of sp³-hybridized carbons (Fsp3) is 0.429. The van der Waals surface area contributed by atoms with E-state index in [1.165, 1.54) is 23.3 Å². The Balaban J connectivity index is 1.55. The number of carbonyl (C=O) groups excluding carboxylic acids is 1. The van der Waals surface area contributed by atoms with Crippen LogP contribution in [-0.4, -0.2) is 50.1 Å². The molecule has 2 fully saturated rings.